The van der Waals surface area contributed by atoms with Gasteiger partial charge in [-0.1, -0.05) is 23.7 Å². The first-order chi connectivity index (χ1) is 13.8. The highest BCUT2D eigenvalue weighted by Gasteiger charge is 2.34. The fourth-order valence-corrected chi connectivity index (χ4v) is 5.40. The van der Waals surface area contributed by atoms with Crippen molar-refractivity contribution in [3.63, 3.8) is 0 Å². The van der Waals surface area contributed by atoms with Crippen LogP contribution in [0.5, 0.6) is 0 Å². The summed E-state index contributed by atoms with van der Waals surface area (Å²) in [5.74, 6) is -0.633. The molecule has 1 saturated heterocycles. The summed E-state index contributed by atoms with van der Waals surface area (Å²) in [4.78, 5) is 18.4. The van der Waals surface area contributed by atoms with E-state index in [-0.39, 0.29) is 40.8 Å². The number of carbonyl (C=O) groups excluding carboxylic acids is 1. The van der Waals surface area contributed by atoms with Gasteiger partial charge in [0, 0.05) is 38.3 Å². The van der Waals surface area contributed by atoms with Crippen molar-refractivity contribution in [3.05, 3.63) is 59.1 Å². The maximum absolute atomic E-state index is 13.4. The van der Waals surface area contributed by atoms with E-state index in [0.29, 0.717) is 25.9 Å². The molecule has 0 atom stereocenters. The number of benzene rings is 1. The molecule has 1 aromatic heterocycles. The number of amides is 1. The summed E-state index contributed by atoms with van der Waals surface area (Å²) in [5.41, 5.74) is 0.728. The molecular formula is C20H23ClFN3O3S. The van der Waals surface area contributed by atoms with E-state index < -0.39 is 10.0 Å². The van der Waals surface area contributed by atoms with Gasteiger partial charge in [-0.05, 0) is 49.6 Å². The zero-order valence-electron chi connectivity index (χ0n) is 16.1. The normalized spacial score (nSPS) is 16.0. The number of aromatic nitrogens is 1. The number of piperidine rings is 1. The average molecular weight is 440 g/mol. The molecule has 1 aliphatic rings. The number of nitrogens with zero attached hydrogens (tertiary/aromatic N) is 3. The fraction of sp³-hybridized carbons (Fsp3) is 0.400. The second-order valence-electron chi connectivity index (χ2n) is 6.95. The third-order valence-electron chi connectivity index (χ3n) is 5.10. The van der Waals surface area contributed by atoms with Crippen molar-refractivity contribution < 1.29 is 17.6 Å². The van der Waals surface area contributed by atoms with Crippen LogP contribution in [0.3, 0.4) is 0 Å². The molecule has 0 radical (unpaired) electrons. The van der Waals surface area contributed by atoms with Crippen molar-refractivity contribution in [1.29, 1.82) is 0 Å². The van der Waals surface area contributed by atoms with Gasteiger partial charge in [0.2, 0.25) is 15.9 Å². The first-order valence-corrected chi connectivity index (χ1v) is 11.3. The van der Waals surface area contributed by atoms with Crippen LogP contribution >= 0.6 is 11.6 Å². The monoisotopic (exact) mass is 439 g/mol. The SMILES string of the molecule is CCN(Cc1cccc(F)c1)C(=O)C1CCN(S(=O)(=O)c2cccnc2Cl)CC1. The molecule has 0 bridgehead atoms. The van der Waals surface area contributed by atoms with E-state index in [9.17, 15) is 17.6 Å². The summed E-state index contributed by atoms with van der Waals surface area (Å²) in [7, 11) is -3.75. The zero-order chi connectivity index (χ0) is 21.0. The summed E-state index contributed by atoms with van der Waals surface area (Å²) < 4.78 is 40.4. The lowest BCUT2D eigenvalue weighted by Gasteiger charge is -2.33. The summed E-state index contributed by atoms with van der Waals surface area (Å²) >= 11 is 5.95. The highest BCUT2D eigenvalue weighted by Crippen LogP contribution is 2.28. The predicted octanol–water partition coefficient (Wildman–Crippen LogP) is 3.32. The molecule has 1 fully saturated rings. The Morgan fingerprint density at radius 2 is 2.00 bits per heavy atom. The Hall–Kier alpha value is -2.03. The Labute approximate surface area is 175 Å². The molecule has 1 amide bonds. The number of rotatable bonds is 6. The number of carbonyl (C=O) groups is 1. The minimum absolute atomic E-state index is 0.0206. The van der Waals surface area contributed by atoms with Gasteiger partial charge >= 0.3 is 0 Å². The quantitative estimate of drug-likeness (QED) is 0.647. The van der Waals surface area contributed by atoms with Gasteiger partial charge in [-0.3, -0.25) is 4.79 Å². The van der Waals surface area contributed by atoms with E-state index in [1.54, 1.807) is 17.0 Å². The number of pyridine rings is 1. The van der Waals surface area contributed by atoms with Crippen LogP contribution in [0.4, 0.5) is 4.39 Å². The van der Waals surface area contributed by atoms with E-state index in [4.69, 9.17) is 11.6 Å². The molecule has 0 saturated carbocycles. The van der Waals surface area contributed by atoms with Crippen LogP contribution in [0.1, 0.15) is 25.3 Å². The largest absolute Gasteiger partial charge is 0.338 e. The van der Waals surface area contributed by atoms with Crippen LogP contribution < -0.4 is 0 Å². The molecule has 9 heteroatoms. The molecule has 0 unspecified atom stereocenters. The van der Waals surface area contributed by atoms with Crippen molar-refractivity contribution in [1.82, 2.24) is 14.2 Å². The molecule has 2 heterocycles. The van der Waals surface area contributed by atoms with Crippen molar-refractivity contribution >= 4 is 27.5 Å². The van der Waals surface area contributed by atoms with Crippen molar-refractivity contribution in [2.24, 2.45) is 5.92 Å². The molecule has 156 valence electrons. The van der Waals surface area contributed by atoms with Gasteiger partial charge in [0.15, 0.2) is 0 Å². The molecule has 29 heavy (non-hydrogen) atoms. The lowest BCUT2D eigenvalue weighted by molar-refractivity contribution is -0.137. The number of sulfonamides is 1. The molecule has 1 aliphatic heterocycles. The zero-order valence-corrected chi connectivity index (χ0v) is 17.7. The van der Waals surface area contributed by atoms with Gasteiger partial charge < -0.3 is 4.90 Å². The van der Waals surface area contributed by atoms with Gasteiger partial charge in [0.1, 0.15) is 15.9 Å². The number of halogens is 2. The maximum atomic E-state index is 13.4. The summed E-state index contributed by atoms with van der Waals surface area (Å²) in [5, 5.41) is -0.0575. The van der Waals surface area contributed by atoms with Gasteiger partial charge in [0.25, 0.3) is 0 Å². The molecule has 0 spiro atoms. The minimum Gasteiger partial charge on any atom is -0.338 e. The second-order valence-corrected chi connectivity index (χ2v) is 9.22. The topological polar surface area (TPSA) is 70.6 Å². The van der Waals surface area contributed by atoms with E-state index in [1.807, 2.05) is 6.92 Å². The molecule has 2 aromatic rings. The Balaban J connectivity index is 1.65. The Bertz CT molecular complexity index is 978. The van der Waals surface area contributed by atoms with E-state index in [0.717, 1.165) is 5.56 Å². The minimum atomic E-state index is -3.75. The molecule has 0 aliphatic carbocycles. The summed E-state index contributed by atoms with van der Waals surface area (Å²) in [6, 6.07) is 9.15. The van der Waals surface area contributed by atoms with Crippen molar-refractivity contribution in [2.45, 2.75) is 31.2 Å². The first-order valence-electron chi connectivity index (χ1n) is 9.46. The lowest BCUT2D eigenvalue weighted by Crippen LogP contribution is -2.44. The van der Waals surface area contributed by atoms with Gasteiger partial charge in [-0.2, -0.15) is 4.31 Å². The molecule has 1 aromatic carbocycles. The first kappa shape index (κ1) is 21.7. The second kappa shape index (κ2) is 9.19. The third kappa shape index (κ3) is 4.94. The standard InChI is InChI=1S/C20H23ClFN3O3S/c1-2-24(14-15-5-3-6-17(22)13-15)20(26)16-8-11-25(12-9-16)29(27,28)18-7-4-10-23-19(18)21/h3-7,10,13,16H,2,8-9,11-12,14H2,1H3. The van der Waals surface area contributed by atoms with Crippen LogP contribution in [0.25, 0.3) is 0 Å². The molecule has 0 N–H and O–H groups in total. The lowest BCUT2D eigenvalue weighted by atomic mass is 9.96. The maximum Gasteiger partial charge on any atom is 0.246 e. The van der Waals surface area contributed by atoms with Crippen LogP contribution in [0.2, 0.25) is 5.15 Å². The van der Waals surface area contributed by atoms with E-state index >= 15 is 0 Å². The third-order valence-corrected chi connectivity index (χ3v) is 7.45. The molecule has 6 nitrogen and oxygen atoms in total. The highest BCUT2D eigenvalue weighted by molar-refractivity contribution is 7.89. The van der Waals surface area contributed by atoms with Crippen molar-refractivity contribution in [2.75, 3.05) is 19.6 Å². The molecule has 3 rings (SSSR count). The number of hydrogen-bond acceptors (Lipinski definition) is 4. The molecular weight excluding hydrogens is 417 g/mol. The Kier molecular flexibility index (Phi) is 6.87. The van der Waals surface area contributed by atoms with Crippen LogP contribution in [-0.4, -0.2) is 48.1 Å². The van der Waals surface area contributed by atoms with Gasteiger partial charge in [-0.25, -0.2) is 17.8 Å². The van der Waals surface area contributed by atoms with Crippen LogP contribution in [-0.2, 0) is 21.4 Å². The Morgan fingerprint density at radius 1 is 1.28 bits per heavy atom. The predicted molar refractivity (Wildman–Crippen MR) is 108 cm³/mol. The van der Waals surface area contributed by atoms with E-state index in [2.05, 4.69) is 4.98 Å². The summed E-state index contributed by atoms with van der Waals surface area (Å²) in [6.45, 7) is 3.18. The number of hydrogen-bond donors (Lipinski definition) is 0. The van der Waals surface area contributed by atoms with Crippen LogP contribution in [0, 0.1) is 11.7 Å². The average Bonchev–Trinajstić information content (AvgIpc) is 2.72. The fourth-order valence-electron chi connectivity index (χ4n) is 3.51. The van der Waals surface area contributed by atoms with E-state index in [1.165, 1.54) is 34.8 Å². The van der Waals surface area contributed by atoms with Gasteiger partial charge in [0.05, 0.1) is 0 Å². The van der Waals surface area contributed by atoms with Gasteiger partial charge in [-0.15, -0.1) is 0 Å². The van der Waals surface area contributed by atoms with Crippen LogP contribution in [0.15, 0.2) is 47.5 Å². The Morgan fingerprint density at radius 3 is 2.62 bits per heavy atom. The smallest absolute Gasteiger partial charge is 0.246 e. The highest BCUT2D eigenvalue weighted by atomic mass is 35.5. The van der Waals surface area contributed by atoms with Crippen molar-refractivity contribution in [3.8, 4) is 0 Å². The summed E-state index contributed by atoms with van der Waals surface area (Å²) in [6.07, 6.45) is 2.29.